The average molecular weight is 884 g/mol. The van der Waals surface area contributed by atoms with E-state index in [4.69, 9.17) is 15.0 Å². The van der Waals surface area contributed by atoms with E-state index in [0.717, 1.165) is 61.9 Å². The van der Waals surface area contributed by atoms with Crippen LogP contribution in [-0.2, 0) is 15.3 Å². The fraction of sp³-hybridized carbons (Fsp3) is 0.164. The van der Waals surface area contributed by atoms with Crippen LogP contribution in [0.15, 0.2) is 198 Å². The summed E-state index contributed by atoms with van der Waals surface area (Å²) in [6, 6.07) is 65.2. The van der Waals surface area contributed by atoms with E-state index in [1.165, 1.54) is 64.4 Å². The zero-order chi connectivity index (χ0) is 44.4. The first-order valence-electron chi connectivity index (χ1n) is 23.8. The van der Waals surface area contributed by atoms with Crippen LogP contribution in [0, 0.1) is 23.7 Å². The van der Waals surface area contributed by atoms with Gasteiger partial charge >= 0.3 is 0 Å². The van der Waals surface area contributed by atoms with Crippen molar-refractivity contribution in [3.05, 3.63) is 199 Å². The number of nitrogens with zero attached hydrogens (tertiary/aromatic N) is 3. The van der Waals surface area contributed by atoms with Gasteiger partial charge in [-0.05, 0) is 140 Å². The van der Waals surface area contributed by atoms with E-state index in [0.29, 0.717) is 39.1 Å². The summed E-state index contributed by atoms with van der Waals surface area (Å²) in [6.07, 6.45) is 6.13. The van der Waals surface area contributed by atoms with Gasteiger partial charge in [0.2, 0.25) is 9.84 Å². The Kier molecular flexibility index (Phi) is 8.49. The Balaban J connectivity index is 0.821. The molecule has 4 bridgehead atoms. The molecule has 5 aliphatic rings. The highest BCUT2D eigenvalue weighted by Gasteiger charge is 2.62. The second-order valence-corrected chi connectivity index (χ2v) is 21.4. The summed E-state index contributed by atoms with van der Waals surface area (Å²) in [5, 5.41) is 7.54. The predicted molar refractivity (Wildman–Crippen MR) is 269 cm³/mol. The van der Waals surface area contributed by atoms with Crippen molar-refractivity contribution in [2.24, 2.45) is 23.7 Å². The fourth-order valence-electron chi connectivity index (χ4n) is 13.4. The molecule has 0 N–H and O–H groups in total. The summed E-state index contributed by atoms with van der Waals surface area (Å²) in [5.41, 5.74) is 8.58. The molecule has 1 spiro atoms. The number of aromatic nitrogens is 3. The quantitative estimate of drug-likeness (QED) is 0.161. The van der Waals surface area contributed by atoms with E-state index in [9.17, 15) is 8.42 Å². The van der Waals surface area contributed by atoms with Gasteiger partial charge < -0.3 is 0 Å². The molecule has 4 fully saturated rings. The molecule has 2 heterocycles. The fourth-order valence-corrected chi connectivity index (χ4v) is 15.3. The van der Waals surface area contributed by atoms with Crippen LogP contribution < -0.4 is 0 Å². The van der Waals surface area contributed by atoms with Crippen LogP contribution in [0.3, 0.4) is 0 Å². The Bertz CT molecular complexity index is 3710. The van der Waals surface area contributed by atoms with E-state index in [2.05, 4.69) is 121 Å². The Hall–Kier alpha value is -7.28. The van der Waals surface area contributed by atoms with Gasteiger partial charge in [0, 0.05) is 22.1 Å². The number of benzene rings is 9. The highest BCUT2D eigenvalue weighted by Crippen LogP contribution is 2.68. The Morgan fingerprint density at radius 1 is 0.343 bits per heavy atom. The molecular formula is C61H45N3O2S. The minimum atomic E-state index is -3.72. The molecule has 0 radical (unpaired) electrons. The van der Waals surface area contributed by atoms with Gasteiger partial charge in [-0.2, -0.15) is 0 Å². The molecule has 1 aromatic heterocycles. The maximum absolute atomic E-state index is 14.6. The van der Waals surface area contributed by atoms with E-state index in [1.54, 1.807) is 0 Å². The lowest BCUT2D eigenvalue weighted by molar-refractivity contribution is -0.0446. The molecule has 10 aromatic rings. The molecule has 0 amide bonds. The SMILES string of the molecule is O=S1(=O)c2ccccc2C2(c3ccc(-c4ccc(-c5nc(-c6ccccc6)nc(-c6ccc(-c7ccc8c9ccccc9c9ccccc9c8c7)cc6)n5)cc4)cc31)C1CC3CC(C1)CC2C3. The first-order valence-corrected chi connectivity index (χ1v) is 25.2. The summed E-state index contributed by atoms with van der Waals surface area (Å²) < 4.78 is 29.3. The smallest absolute Gasteiger partial charge is 0.207 e. The number of hydrogen-bond donors (Lipinski definition) is 0. The standard InChI is InChI=1S/C61H45N3O2S/c65-67(66)56-17-9-8-16-54(56)61(46-31-37-30-38(33-46)34-47(61)32-37)55-29-27-45(36-57(55)67)40-20-24-43(25-21-40)60-63-58(41-10-2-1-3-11-41)62-59(64-60)42-22-18-39(19-23-42)44-26-28-52-50-14-5-4-12-48(50)49-13-6-7-15-51(49)53(52)35-44/h1-29,35-38,46-47H,30-34H2. The summed E-state index contributed by atoms with van der Waals surface area (Å²) in [5.74, 6) is 4.25. The van der Waals surface area contributed by atoms with Crippen LogP contribution in [0.1, 0.15) is 43.2 Å². The molecule has 67 heavy (non-hydrogen) atoms. The number of rotatable bonds is 5. The molecule has 4 aliphatic carbocycles. The first kappa shape index (κ1) is 38.9. The van der Waals surface area contributed by atoms with E-state index < -0.39 is 9.84 Å². The molecule has 6 heteroatoms. The third-order valence-electron chi connectivity index (χ3n) is 16.1. The number of hydrogen-bond acceptors (Lipinski definition) is 5. The Morgan fingerprint density at radius 3 is 1.31 bits per heavy atom. The zero-order valence-corrected chi connectivity index (χ0v) is 37.6. The Labute approximate surface area is 390 Å². The van der Waals surface area contributed by atoms with Gasteiger partial charge in [0.25, 0.3) is 0 Å². The van der Waals surface area contributed by atoms with E-state index in [1.807, 2.05) is 66.7 Å². The number of sulfone groups is 1. The minimum absolute atomic E-state index is 0.248. The van der Waals surface area contributed by atoms with Gasteiger partial charge in [-0.25, -0.2) is 23.4 Å². The predicted octanol–water partition coefficient (Wildman–Crippen LogP) is 14.6. The first-order chi connectivity index (χ1) is 32.9. The second kappa shape index (κ2) is 14.6. The van der Waals surface area contributed by atoms with Crippen molar-refractivity contribution in [2.45, 2.75) is 47.3 Å². The molecule has 0 saturated heterocycles. The third kappa shape index (κ3) is 5.85. The second-order valence-electron chi connectivity index (χ2n) is 19.6. The van der Waals surface area contributed by atoms with E-state index >= 15 is 0 Å². The molecule has 9 aromatic carbocycles. The lowest BCUT2D eigenvalue weighted by atomic mass is 9.42. The van der Waals surface area contributed by atoms with E-state index in [-0.39, 0.29) is 5.41 Å². The van der Waals surface area contributed by atoms with Gasteiger partial charge in [0.05, 0.1) is 9.79 Å². The van der Waals surface area contributed by atoms with Crippen molar-refractivity contribution in [1.29, 1.82) is 0 Å². The number of fused-ring (bicyclic) bond motifs is 8. The molecule has 4 saturated carbocycles. The van der Waals surface area contributed by atoms with Crippen LogP contribution in [0.25, 0.3) is 88.7 Å². The van der Waals surface area contributed by atoms with Crippen LogP contribution in [0.4, 0.5) is 0 Å². The van der Waals surface area contributed by atoms with Crippen molar-refractivity contribution >= 4 is 42.2 Å². The molecule has 322 valence electrons. The summed E-state index contributed by atoms with van der Waals surface area (Å²) in [6.45, 7) is 0. The van der Waals surface area contributed by atoms with Crippen molar-refractivity contribution in [3.63, 3.8) is 0 Å². The highest BCUT2D eigenvalue weighted by atomic mass is 32.2. The molecular weight excluding hydrogens is 839 g/mol. The summed E-state index contributed by atoms with van der Waals surface area (Å²) in [4.78, 5) is 16.1. The lowest BCUT2D eigenvalue weighted by Gasteiger charge is -2.63. The monoisotopic (exact) mass is 883 g/mol. The molecule has 0 atom stereocenters. The van der Waals surface area contributed by atoms with Gasteiger partial charge in [-0.3, -0.25) is 0 Å². The van der Waals surface area contributed by atoms with Gasteiger partial charge in [0.1, 0.15) is 0 Å². The maximum Gasteiger partial charge on any atom is 0.207 e. The van der Waals surface area contributed by atoms with Crippen molar-refractivity contribution in [1.82, 2.24) is 15.0 Å². The van der Waals surface area contributed by atoms with Crippen LogP contribution in [0.2, 0.25) is 0 Å². The lowest BCUT2D eigenvalue weighted by Crippen LogP contribution is -2.57. The van der Waals surface area contributed by atoms with Gasteiger partial charge in [-0.15, -0.1) is 0 Å². The highest BCUT2D eigenvalue weighted by molar-refractivity contribution is 7.91. The Morgan fingerprint density at radius 2 is 0.746 bits per heavy atom. The molecule has 1 aliphatic heterocycles. The van der Waals surface area contributed by atoms with Gasteiger partial charge in [-0.1, -0.05) is 170 Å². The van der Waals surface area contributed by atoms with Crippen molar-refractivity contribution in [3.8, 4) is 56.4 Å². The zero-order valence-electron chi connectivity index (χ0n) is 36.8. The van der Waals surface area contributed by atoms with Crippen molar-refractivity contribution in [2.75, 3.05) is 0 Å². The molecule has 5 nitrogen and oxygen atoms in total. The normalized spacial score (nSPS) is 22.0. The average Bonchev–Trinajstić information content (AvgIpc) is 3.38. The molecule has 15 rings (SSSR count). The van der Waals surface area contributed by atoms with Gasteiger partial charge in [0.15, 0.2) is 17.5 Å². The van der Waals surface area contributed by atoms with Crippen LogP contribution in [0.5, 0.6) is 0 Å². The summed E-state index contributed by atoms with van der Waals surface area (Å²) >= 11 is 0. The van der Waals surface area contributed by atoms with Crippen LogP contribution >= 0.6 is 0 Å². The maximum atomic E-state index is 14.6. The topological polar surface area (TPSA) is 72.8 Å². The summed E-state index contributed by atoms with van der Waals surface area (Å²) in [7, 11) is -3.72. The molecule has 0 unspecified atom stereocenters. The van der Waals surface area contributed by atoms with Crippen molar-refractivity contribution < 1.29 is 8.42 Å². The van der Waals surface area contributed by atoms with Crippen LogP contribution in [-0.4, -0.2) is 23.4 Å². The largest absolute Gasteiger partial charge is 0.218 e. The third-order valence-corrected chi connectivity index (χ3v) is 18.0. The minimum Gasteiger partial charge on any atom is -0.218 e.